The number of halogens is 1. The molecule has 0 bridgehead atoms. The van der Waals surface area contributed by atoms with Crippen LogP contribution in [0.3, 0.4) is 0 Å². The first kappa shape index (κ1) is 12.7. The Morgan fingerprint density at radius 3 is 2.44 bits per heavy atom. The second kappa shape index (κ2) is 4.23. The summed E-state index contributed by atoms with van der Waals surface area (Å²) in [5.74, 6) is -4.09. The molecule has 1 fully saturated rings. The molecule has 5 heteroatoms. The molecule has 0 aliphatic heterocycles. The Morgan fingerprint density at radius 1 is 1.50 bits per heavy atom. The van der Waals surface area contributed by atoms with E-state index in [1.807, 2.05) is 0 Å². The lowest BCUT2D eigenvalue weighted by molar-refractivity contribution is -0.141. The second-order valence-electron chi connectivity index (χ2n) is 4.40. The van der Waals surface area contributed by atoms with Crippen LogP contribution in [0.1, 0.15) is 20.8 Å². The van der Waals surface area contributed by atoms with Crippen molar-refractivity contribution in [2.75, 3.05) is 6.61 Å². The summed E-state index contributed by atoms with van der Waals surface area (Å²) >= 11 is 0. The van der Waals surface area contributed by atoms with Crippen LogP contribution < -0.4 is 0 Å². The van der Waals surface area contributed by atoms with Gasteiger partial charge in [0.05, 0.1) is 12.5 Å². The third kappa shape index (κ3) is 2.23. The first-order chi connectivity index (χ1) is 7.32. The largest absolute Gasteiger partial charge is 0.481 e. The summed E-state index contributed by atoms with van der Waals surface area (Å²) in [5.41, 5.74) is -0.504. The van der Waals surface area contributed by atoms with E-state index in [0.29, 0.717) is 0 Å². The van der Waals surface area contributed by atoms with E-state index in [2.05, 4.69) is 4.74 Å². The van der Waals surface area contributed by atoms with Gasteiger partial charge in [0.2, 0.25) is 5.83 Å². The molecule has 1 aliphatic carbocycles. The van der Waals surface area contributed by atoms with Crippen LogP contribution in [-0.4, -0.2) is 23.7 Å². The topological polar surface area (TPSA) is 63.6 Å². The molecule has 2 atom stereocenters. The van der Waals surface area contributed by atoms with Gasteiger partial charge in [-0.3, -0.25) is 4.79 Å². The third-order valence-electron chi connectivity index (χ3n) is 2.97. The third-order valence-corrected chi connectivity index (χ3v) is 2.97. The molecule has 0 aromatic carbocycles. The van der Waals surface area contributed by atoms with Crippen LogP contribution in [0.25, 0.3) is 0 Å². The lowest BCUT2D eigenvalue weighted by atomic mass is 10.1. The van der Waals surface area contributed by atoms with Gasteiger partial charge in [-0.2, -0.15) is 4.39 Å². The molecule has 0 radical (unpaired) electrons. The number of ether oxygens (including phenoxy) is 1. The van der Waals surface area contributed by atoms with Gasteiger partial charge in [0.25, 0.3) is 0 Å². The van der Waals surface area contributed by atoms with Gasteiger partial charge in [-0.1, -0.05) is 13.8 Å². The Labute approximate surface area is 93.1 Å². The molecule has 0 aromatic heterocycles. The van der Waals surface area contributed by atoms with E-state index >= 15 is 0 Å². The van der Waals surface area contributed by atoms with E-state index < -0.39 is 35.0 Å². The average molecular weight is 230 g/mol. The molecule has 0 amide bonds. The van der Waals surface area contributed by atoms with Crippen molar-refractivity contribution in [1.82, 2.24) is 0 Å². The van der Waals surface area contributed by atoms with Gasteiger partial charge in [0, 0.05) is 0 Å². The van der Waals surface area contributed by atoms with Crippen LogP contribution in [-0.2, 0) is 14.3 Å². The molecule has 1 rings (SSSR count). The van der Waals surface area contributed by atoms with Gasteiger partial charge in [-0.05, 0) is 24.3 Å². The number of carboxylic acids is 1. The van der Waals surface area contributed by atoms with Crippen LogP contribution in [0.4, 0.5) is 4.39 Å². The summed E-state index contributed by atoms with van der Waals surface area (Å²) in [6.07, 6.45) is 1.05. The molecule has 4 nitrogen and oxygen atoms in total. The van der Waals surface area contributed by atoms with Gasteiger partial charge in [0.1, 0.15) is 0 Å². The zero-order valence-electron chi connectivity index (χ0n) is 9.49. The maximum absolute atomic E-state index is 13.2. The Hall–Kier alpha value is -1.39. The first-order valence-corrected chi connectivity index (χ1v) is 5.09. The highest BCUT2D eigenvalue weighted by Gasteiger charge is 2.61. The van der Waals surface area contributed by atoms with E-state index in [9.17, 15) is 14.0 Å². The molecule has 0 heterocycles. The maximum Gasteiger partial charge on any atom is 0.366 e. The molecule has 90 valence electrons. The minimum Gasteiger partial charge on any atom is -0.481 e. The molecule has 16 heavy (non-hydrogen) atoms. The van der Waals surface area contributed by atoms with Crippen molar-refractivity contribution in [3.05, 3.63) is 11.9 Å². The summed E-state index contributed by atoms with van der Waals surface area (Å²) in [7, 11) is 0. The summed E-state index contributed by atoms with van der Waals surface area (Å²) in [6, 6.07) is 0. The van der Waals surface area contributed by atoms with Gasteiger partial charge >= 0.3 is 11.9 Å². The standard InChI is InChI=1S/C11H15FO4/c1-4-16-10(15)7(12)5-6-8(9(13)14)11(6,2)3/h5-6,8H,4H2,1-3H3,(H,13,14)/b7-5-/t6-,8-/m0/s1. The minimum atomic E-state index is -1.03. The number of aliphatic carboxylic acids is 1. The predicted molar refractivity (Wildman–Crippen MR) is 54.2 cm³/mol. The second-order valence-corrected chi connectivity index (χ2v) is 4.40. The molecule has 0 saturated heterocycles. The SMILES string of the molecule is CCOC(=O)/C(F)=C/[C@H]1[C@@H](C(=O)O)C1(C)C. The fraction of sp³-hybridized carbons (Fsp3) is 0.636. The van der Waals surface area contributed by atoms with Crippen molar-refractivity contribution in [1.29, 1.82) is 0 Å². The van der Waals surface area contributed by atoms with Gasteiger partial charge in [0.15, 0.2) is 0 Å². The zero-order valence-corrected chi connectivity index (χ0v) is 9.49. The maximum atomic E-state index is 13.2. The summed E-state index contributed by atoms with van der Waals surface area (Å²) in [4.78, 5) is 21.8. The van der Waals surface area contributed by atoms with Crippen molar-refractivity contribution < 1.29 is 23.8 Å². The summed E-state index contributed by atoms with van der Waals surface area (Å²) < 4.78 is 17.7. The number of hydrogen-bond donors (Lipinski definition) is 1. The zero-order chi connectivity index (χ0) is 12.5. The quantitative estimate of drug-likeness (QED) is 0.590. The number of esters is 1. The molecule has 0 aromatic rings. The van der Waals surface area contributed by atoms with Gasteiger partial charge < -0.3 is 9.84 Å². The highest BCUT2D eigenvalue weighted by Crippen LogP contribution is 2.59. The number of hydrogen-bond acceptors (Lipinski definition) is 3. The van der Waals surface area contributed by atoms with E-state index in [1.54, 1.807) is 20.8 Å². The smallest absolute Gasteiger partial charge is 0.366 e. The predicted octanol–water partition coefficient (Wildman–Crippen LogP) is 1.76. The van der Waals surface area contributed by atoms with Crippen LogP contribution in [0.2, 0.25) is 0 Å². The van der Waals surface area contributed by atoms with E-state index in [4.69, 9.17) is 5.11 Å². The fourth-order valence-electron chi connectivity index (χ4n) is 1.89. The van der Waals surface area contributed by atoms with Crippen LogP contribution in [0, 0.1) is 17.3 Å². The van der Waals surface area contributed by atoms with E-state index in [-0.39, 0.29) is 6.61 Å². The Kier molecular flexibility index (Phi) is 3.35. The van der Waals surface area contributed by atoms with E-state index in [1.165, 1.54) is 0 Å². The van der Waals surface area contributed by atoms with Crippen molar-refractivity contribution in [2.24, 2.45) is 17.3 Å². The number of allylic oxidation sites excluding steroid dienone is 1. The average Bonchev–Trinajstić information content (AvgIpc) is 2.68. The van der Waals surface area contributed by atoms with Gasteiger partial charge in [-0.25, -0.2) is 4.79 Å². The van der Waals surface area contributed by atoms with Crippen molar-refractivity contribution in [3.63, 3.8) is 0 Å². The van der Waals surface area contributed by atoms with Crippen molar-refractivity contribution in [3.8, 4) is 0 Å². The fourth-order valence-corrected chi connectivity index (χ4v) is 1.89. The van der Waals surface area contributed by atoms with Crippen LogP contribution >= 0.6 is 0 Å². The number of rotatable bonds is 4. The summed E-state index contributed by atoms with van der Waals surface area (Å²) in [5, 5.41) is 8.85. The molecule has 1 aliphatic rings. The van der Waals surface area contributed by atoms with Gasteiger partial charge in [-0.15, -0.1) is 0 Å². The highest BCUT2D eigenvalue weighted by molar-refractivity contribution is 5.86. The Balaban J connectivity index is 2.72. The first-order valence-electron chi connectivity index (χ1n) is 5.09. The lowest BCUT2D eigenvalue weighted by Crippen LogP contribution is -2.05. The number of carboxylic acid groups (broad SMARTS) is 1. The molecule has 0 unspecified atom stereocenters. The molecular formula is C11H15FO4. The highest BCUT2D eigenvalue weighted by atomic mass is 19.1. The number of carbonyl (C=O) groups excluding carboxylic acids is 1. The monoisotopic (exact) mass is 230 g/mol. The number of carbonyl (C=O) groups is 2. The Morgan fingerprint density at radius 2 is 2.06 bits per heavy atom. The normalized spacial score (nSPS) is 27.4. The molecule has 1 saturated carbocycles. The summed E-state index contributed by atoms with van der Waals surface area (Å²) in [6.45, 7) is 5.12. The molecule has 1 N–H and O–H groups in total. The van der Waals surface area contributed by atoms with Crippen molar-refractivity contribution in [2.45, 2.75) is 20.8 Å². The minimum absolute atomic E-state index is 0.0938. The van der Waals surface area contributed by atoms with Crippen LogP contribution in [0.15, 0.2) is 11.9 Å². The Bertz CT molecular complexity index is 346. The molecular weight excluding hydrogens is 215 g/mol. The lowest BCUT2D eigenvalue weighted by Gasteiger charge is -1.99. The van der Waals surface area contributed by atoms with Crippen LogP contribution in [0.5, 0.6) is 0 Å². The molecule has 0 spiro atoms. The van der Waals surface area contributed by atoms with E-state index in [0.717, 1.165) is 6.08 Å². The van der Waals surface area contributed by atoms with Crippen molar-refractivity contribution >= 4 is 11.9 Å².